The summed E-state index contributed by atoms with van der Waals surface area (Å²) in [5.41, 5.74) is 1.06. The van der Waals surface area contributed by atoms with Gasteiger partial charge in [0.15, 0.2) is 5.82 Å². The average molecular weight is 361 g/mol. The van der Waals surface area contributed by atoms with E-state index in [2.05, 4.69) is 32.2 Å². The van der Waals surface area contributed by atoms with E-state index in [0.717, 1.165) is 54.8 Å². The Kier molecular flexibility index (Phi) is 4.11. The highest BCUT2D eigenvalue weighted by Crippen LogP contribution is 2.38. The summed E-state index contributed by atoms with van der Waals surface area (Å²) in [4.78, 5) is 19.2. The van der Waals surface area contributed by atoms with Gasteiger partial charge in [-0.05, 0) is 31.6 Å². The van der Waals surface area contributed by atoms with Crippen LogP contribution in [0.25, 0.3) is 10.8 Å². The maximum Gasteiger partial charge on any atom is 0.253 e. The van der Waals surface area contributed by atoms with E-state index in [4.69, 9.17) is 0 Å². The van der Waals surface area contributed by atoms with Crippen molar-refractivity contribution in [1.82, 2.24) is 19.7 Å². The summed E-state index contributed by atoms with van der Waals surface area (Å²) in [6.07, 6.45) is 8.00. The maximum absolute atomic E-state index is 12.4. The van der Waals surface area contributed by atoms with Crippen molar-refractivity contribution in [2.75, 3.05) is 18.0 Å². The fraction of sp³-hybridized carbons (Fsp3) is 0.429. The molecule has 0 atom stereocenters. The quantitative estimate of drug-likeness (QED) is 0.715. The van der Waals surface area contributed by atoms with Gasteiger partial charge in [0.05, 0.1) is 18.2 Å². The van der Waals surface area contributed by atoms with Crippen molar-refractivity contribution in [3.8, 4) is 0 Å². The van der Waals surface area contributed by atoms with Crippen LogP contribution in [0.5, 0.6) is 0 Å². The Morgan fingerprint density at radius 3 is 2.67 bits per heavy atom. The lowest BCUT2D eigenvalue weighted by Gasteiger charge is -2.33. The van der Waals surface area contributed by atoms with Crippen LogP contribution in [0.2, 0.25) is 0 Å². The van der Waals surface area contributed by atoms with E-state index in [-0.39, 0.29) is 5.56 Å². The first-order valence-electron chi connectivity index (χ1n) is 9.80. The van der Waals surface area contributed by atoms with Crippen molar-refractivity contribution >= 4 is 16.6 Å². The largest absolute Gasteiger partial charge is 0.355 e. The van der Waals surface area contributed by atoms with Gasteiger partial charge in [0.2, 0.25) is 0 Å². The molecular formula is C21H23N5O. The Morgan fingerprint density at radius 1 is 1.07 bits per heavy atom. The van der Waals surface area contributed by atoms with Gasteiger partial charge in [-0.1, -0.05) is 24.3 Å². The van der Waals surface area contributed by atoms with E-state index in [1.807, 2.05) is 18.3 Å². The number of nitrogens with zero attached hydrogens (tertiary/aromatic N) is 5. The summed E-state index contributed by atoms with van der Waals surface area (Å²) in [5.74, 6) is 1.99. The van der Waals surface area contributed by atoms with Gasteiger partial charge in [-0.15, -0.1) is 5.10 Å². The number of rotatable bonds is 4. The monoisotopic (exact) mass is 361 g/mol. The van der Waals surface area contributed by atoms with Crippen LogP contribution in [0.1, 0.15) is 37.3 Å². The molecule has 2 aliphatic rings. The lowest BCUT2D eigenvalue weighted by atomic mass is 9.96. The second-order valence-electron chi connectivity index (χ2n) is 7.76. The number of aromatic nitrogens is 4. The van der Waals surface area contributed by atoms with Gasteiger partial charge in [0.25, 0.3) is 5.56 Å². The van der Waals surface area contributed by atoms with Crippen molar-refractivity contribution in [1.29, 1.82) is 0 Å². The van der Waals surface area contributed by atoms with Crippen LogP contribution in [0.4, 0.5) is 5.82 Å². The lowest BCUT2D eigenvalue weighted by Crippen LogP contribution is -2.37. The lowest BCUT2D eigenvalue weighted by molar-refractivity contribution is 0.350. The number of hydrogen-bond acceptors (Lipinski definition) is 5. The Balaban J connectivity index is 1.27. The summed E-state index contributed by atoms with van der Waals surface area (Å²) in [7, 11) is 0. The molecule has 5 rings (SSSR count). The summed E-state index contributed by atoms with van der Waals surface area (Å²) < 4.78 is 1.78. The standard InChI is InChI=1S/C21H23N5O/c27-20-11-19(16-5-6-16)22-14-26(20)13-15-7-9-25(10-8-15)21-18-4-2-1-3-17(18)12-23-24-21/h1-4,11-12,14-16H,5-10,13H2. The molecule has 0 unspecified atom stereocenters. The molecule has 0 N–H and O–H groups in total. The zero-order valence-corrected chi connectivity index (χ0v) is 15.3. The summed E-state index contributed by atoms with van der Waals surface area (Å²) >= 11 is 0. The van der Waals surface area contributed by atoms with E-state index in [1.54, 1.807) is 17.0 Å². The molecule has 27 heavy (non-hydrogen) atoms. The van der Waals surface area contributed by atoms with Crippen LogP contribution in [-0.4, -0.2) is 32.8 Å². The first kappa shape index (κ1) is 16.4. The molecular weight excluding hydrogens is 338 g/mol. The van der Waals surface area contributed by atoms with Gasteiger partial charge in [-0.25, -0.2) is 4.98 Å². The first-order chi connectivity index (χ1) is 13.3. The fourth-order valence-corrected chi connectivity index (χ4v) is 4.03. The van der Waals surface area contributed by atoms with Crippen molar-refractivity contribution < 1.29 is 0 Å². The molecule has 1 aliphatic heterocycles. The number of hydrogen-bond donors (Lipinski definition) is 0. The van der Waals surface area contributed by atoms with Gasteiger partial charge in [0, 0.05) is 42.4 Å². The minimum atomic E-state index is 0.0919. The second kappa shape index (κ2) is 6.76. The van der Waals surface area contributed by atoms with Gasteiger partial charge < -0.3 is 4.90 Å². The second-order valence-corrected chi connectivity index (χ2v) is 7.76. The molecule has 1 aromatic carbocycles. The zero-order chi connectivity index (χ0) is 18.2. The van der Waals surface area contributed by atoms with Gasteiger partial charge in [-0.2, -0.15) is 5.10 Å². The summed E-state index contributed by atoms with van der Waals surface area (Å²) in [5, 5.41) is 10.8. The minimum absolute atomic E-state index is 0.0919. The Morgan fingerprint density at radius 2 is 1.89 bits per heavy atom. The molecule has 0 amide bonds. The topological polar surface area (TPSA) is 63.9 Å². The normalized spacial score (nSPS) is 18.1. The third kappa shape index (κ3) is 3.31. The number of piperidine rings is 1. The molecule has 0 bridgehead atoms. The predicted octanol–water partition coefficient (Wildman–Crippen LogP) is 2.98. The highest BCUT2D eigenvalue weighted by Gasteiger charge is 2.26. The first-order valence-corrected chi connectivity index (χ1v) is 9.80. The number of anilines is 1. The zero-order valence-electron chi connectivity index (χ0n) is 15.3. The molecule has 138 valence electrons. The van der Waals surface area contributed by atoms with Crippen LogP contribution in [0.3, 0.4) is 0 Å². The van der Waals surface area contributed by atoms with Crippen LogP contribution in [0.15, 0.2) is 47.7 Å². The van der Waals surface area contributed by atoms with Crippen LogP contribution < -0.4 is 10.5 Å². The molecule has 2 fully saturated rings. The molecule has 1 saturated carbocycles. The molecule has 6 heteroatoms. The molecule has 3 aromatic rings. The molecule has 0 radical (unpaired) electrons. The van der Waals surface area contributed by atoms with Crippen molar-refractivity contribution in [3.05, 3.63) is 58.9 Å². The van der Waals surface area contributed by atoms with Crippen LogP contribution in [0, 0.1) is 5.92 Å². The smallest absolute Gasteiger partial charge is 0.253 e. The molecule has 1 aliphatic carbocycles. The minimum Gasteiger partial charge on any atom is -0.355 e. The van der Waals surface area contributed by atoms with E-state index in [9.17, 15) is 4.79 Å². The number of benzene rings is 1. The summed E-state index contributed by atoms with van der Waals surface area (Å²) in [6, 6.07) is 9.99. The van der Waals surface area contributed by atoms with E-state index < -0.39 is 0 Å². The predicted molar refractivity (Wildman–Crippen MR) is 105 cm³/mol. The Labute approximate surface area is 157 Å². The summed E-state index contributed by atoms with van der Waals surface area (Å²) in [6.45, 7) is 2.64. The Bertz CT molecular complexity index is 1010. The number of fused-ring (bicyclic) bond motifs is 1. The van der Waals surface area contributed by atoms with Crippen molar-refractivity contribution in [2.45, 2.75) is 38.1 Å². The van der Waals surface area contributed by atoms with Crippen LogP contribution in [-0.2, 0) is 6.54 Å². The fourth-order valence-electron chi connectivity index (χ4n) is 4.03. The van der Waals surface area contributed by atoms with E-state index in [1.165, 1.54) is 12.8 Å². The Hall–Kier alpha value is -2.76. The average Bonchev–Trinajstić information content (AvgIpc) is 3.55. The molecule has 3 heterocycles. The highest BCUT2D eigenvalue weighted by atomic mass is 16.1. The highest BCUT2D eigenvalue weighted by molar-refractivity contribution is 5.91. The molecule has 0 spiro atoms. The van der Waals surface area contributed by atoms with Gasteiger partial charge >= 0.3 is 0 Å². The SMILES string of the molecule is O=c1cc(C2CC2)ncn1CC1CCN(c2nncc3ccccc23)CC1. The third-order valence-electron chi connectivity index (χ3n) is 5.82. The van der Waals surface area contributed by atoms with Crippen molar-refractivity contribution in [2.24, 2.45) is 5.92 Å². The third-order valence-corrected chi connectivity index (χ3v) is 5.82. The van der Waals surface area contributed by atoms with E-state index >= 15 is 0 Å². The van der Waals surface area contributed by atoms with E-state index in [0.29, 0.717) is 11.8 Å². The van der Waals surface area contributed by atoms with Gasteiger partial charge in [0.1, 0.15) is 0 Å². The molecule has 6 nitrogen and oxygen atoms in total. The molecule has 2 aromatic heterocycles. The maximum atomic E-state index is 12.4. The molecule has 1 saturated heterocycles. The van der Waals surface area contributed by atoms with Gasteiger partial charge in [-0.3, -0.25) is 9.36 Å². The van der Waals surface area contributed by atoms with Crippen LogP contribution >= 0.6 is 0 Å². The van der Waals surface area contributed by atoms with Crippen molar-refractivity contribution in [3.63, 3.8) is 0 Å².